The summed E-state index contributed by atoms with van der Waals surface area (Å²) in [5.74, 6) is 2.05. The smallest absolute Gasteiger partial charge is 0.335 e. The summed E-state index contributed by atoms with van der Waals surface area (Å²) < 4.78 is 10.5. The van der Waals surface area contributed by atoms with Crippen LogP contribution in [0.2, 0.25) is 4.34 Å². The minimum Gasteiger partial charge on any atom is -0.547 e. The van der Waals surface area contributed by atoms with Crippen molar-refractivity contribution in [1.82, 2.24) is 4.57 Å². The maximum Gasteiger partial charge on any atom is 0.335 e. The highest BCUT2D eigenvalue weighted by Crippen LogP contribution is 2.30. The van der Waals surface area contributed by atoms with E-state index in [0.29, 0.717) is 19.7 Å². The molecule has 0 aliphatic rings. The molecule has 3 aromatic rings. The van der Waals surface area contributed by atoms with Gasteiger partial charge in [0.15, 0.2) is 12.6 Å². The van der Waals surface area contributed by atoms with Crippen LogP contribution in [0, 0.1) is 11.8 Å². The first-order valence-electron chi connectivity index (χ1n) is 10.3. The lowest BCUT2D eigenvalue weighted by atomic mass is 10.2. The van der Waals surface area contributed by atoms with Gasteiger partial charge in [-0.2, -0.15) is 0 Å². The fourth-order valence-electron chi connectivity index (χ4n) is 2.72. The Morgan fingerprint density at radius 2 is 2.00 bits per heavy atom. The molecule has 0 amide bonds. The summed E-state index contributed by atoms with van der Waals surface area (Å²) in [6, 6.07) is 7.60. The Labute approximate surface area is 219 Å². The predicted octanol–water partition coefficient (Wildman–Crippen LogP) is 0.759. The fourth-order valence-corrected chi connectivity index (χ4v) is 4.48. The predicted molar refractivity (Wildman–Crippen MR) is 129 cm³/mol. The number of nitrogens with zero attached hydrogens (tertiary/aromatic N) is 2. The lowest BCUT2D eigenvalue weighted by molar-refractivity contribution is -0.682. The average molecular weight is 555 g/mol. The molecule has 0 aliphatic heterocycles. The van der Waals surface area contributed by atoms with Gasteiger partial charge in [-0.25, -0.2) is 13.9 Å². The van der Waals surface area contributed by atoms with Crippen molar-refractivity contribution in [2.45, 2.75) is 38.3 Å². The fraction of sp³-hybridized carbons (Fsp3) is 0.304. The highest BCUT2D eigenvalue weighted by molar-refractivity contribution is 7.16. The van der Waals surface area contributed by atoms with Gasteiger partial charge >= 0.3 is 5.97 Å². The molecule has 0 bridgehead atoms. The van der Waals surface area contributed by atoms with Gasteiger partial charge in [0.25, 0.3) is 0 Å². The number of aliphatic carboxylic acids is 2. The zero-order valence-electron chi connectivity index (χ0n) is 18.9. The summed E-state index contributed by atoms with van der Waals surface area (Å²) in [5.41, 5.74) is 0. The van der Waals surface area contributed by atoms with E-state index in [1.54, 1.807) is 6.92 Å². The number of imidazole rings is 1. The molecule has 192 valence electrons. The Kier molecular flexibility index (Phi) is 11.7. The molecule has 3 rings (SSSR count). The Bertz CT molecular complexity index is 1190. The Hall–Kier alpha value is -3.05. The van der Waals surface area contributed by atoms with Gasteiger partial charge in [0.05, 0.1) is 15.2 Å². The number of aliphatic hydroxyl groups excluding tert-OH is 2. The lowest BCUT2D eigenvalue weighted by Crippen LogP contribution is -2.46. The van der Waals surface area contributed by atoms with E-state index in [0.717, 1.165) is 14.1 Å². The molecular weight excluding hydrogens is 532 g/mol. The molecule has 0 saturated carbocycles. The third-order valence-electron chi connectivity index (χ3n) is 4.48. The molecule has 3 atom stereocenters. The van der Waals surface area contributed by atoms with Gasteiger partial charge in [0.1, 0.15) is 37.8 Å². The summed E-state index contributed by atoms with van der Waals surface area (Å²) in [7, 11) is 0. The molecule has 0 radical (unpaired) electrons. The first-order valence-corrected chi connectivity index (χ1v) is 12.4. The van der Waals surface area contributed by atoms with Crippen molar-refractivity contribution in [1.29, 1.82) is 0 Å². The van der Waals surface area contributed by atoms with E-state index in [4.69, 9.17) is 31.7 Å². The maximum absolute atomic E-state index is 12.2. The van der Waals surface area contributed by atoms with E-state index in [9.17, 15) is 19.5 Å². The van der Waals surface area contributed by atoms with Crippen molar-refractivity contribution in [2.75, 3.05) is 6.61 Å². The number of carbonyl (C=O) groups is 3. The molecular formula is C23H23ClN2O8S2. The average Bonchev–Trinajstić information content (AvgIpc) is 3.60. The third kappa shape index (κ3) is 9.19. The number of carbonyl (C=O) groups excluding carboxylic acids is 2. The second-order valence-electron chi connectivity index (χ2n) is 7.10. The maximum atomic E-state index is 12.2. The molecule has 3 unspecified atom stereocenters. The standard InChI is InChI=1S/C19H18ClN2O2S2.C4H6O6/c1-2-3-10-24-16(18-6-7-19(20)26-18)13-22-9-8-21(14-22)12-15(23)17-5-4-11-25-17;5-1(3(7)8)2(6)4(9)10/h4-9,11,14,16H,10,12-13H2,1H3;1-2,5-6H,(H,7,8)(H,9,10)/q+1;/p-1. The van der Waals surface area contributed by atoms with Gasteiger partial charge in [-0.05, 0) is 30.5 Å². The molecule has 13 heteroatoms. The highest BCUT2D eigenvalue weighted by Gasteiger charge is 2.24. The summed E-state index contributed by atoms with van der Waals surface area (Å²) in [6.07, 6.45) is 0.918. The first-order chi connectivity index (χ1) is 17.1. The monoisotopic (exact) mass is 554 g/mol. The summed E-state index contributed by atoms with van der Waals surface area (Å²) >= 11 is 9.04. The summed E-state index contributed by atoms with van der Waals surface area (Å²) in [4.78, 5) is 33.5. The summed E-state index contributed by atoms with van der Waals surface area (Å²) in [6.45, 7) is 3.11. The Morgan fingerprint density at radius 3 is 2.53 bits per heavy atom. The van der Waals surface area contributed by atoms with Crippen molar-refractivity contribution in [3.8, 4) is 11.8 Å². The van der Waals surface area contributed by atoms with Crippen molar-refractivity contribution < 1.29 is 44.1 Å². The SMILES string of the molecule is CC#CCOC(Cn1cc[n+](CC(=O)c2cccs2)c1)c1ccc(Cl)s1.O=C([O-])C(O)C(O)C(=O)O. The number of aliphatic hydroxyl groups is 2. The number of aromatic nitrogens is 2. The van der Waals surface area contributed by atoms with Gasteiger partial charge in [-0.15, -0.1) is 28.6 Å². The number of thiophene rings is 2. The highest BCUT2D eigenvalue weighted by atomic mass is 35.5. The number of rotatable bonds is 11. The number of hydrogen-bond acceptors (Lipinski definition) is 9. The van der Waals surface area contributed by atoms with E-state index in [1.807, 2.05) is 57.5 Å². The number of halogens is 1. The van der Waals surface area contributed by atoms with Crippen LogP contribution in [0.4, 0.5) is 0 Å². The van der Waals surface area contributed by atoms with E-state index in [-0.39, 0.29) is 11.9 Å². The molecule has 0 spiro atoms. The first kappa shape index (κ1) is 29.2. The number of carboxylic acids is 2. The van der Waals surface area contributed by atoms with Crippen LogP contribution >= 0.6 is 34.3 Å². The van der Waals surface area contributed by atoms with Gasteiger partial charge in [0.2, 0.25) is 12.1 Å². The largest absolute Gasteiger partial charge is 0.547 e. The van der Waals surface area contributed by atoms with Crippen molar-refractivity contribution in [3.05, 3.63) is 62.5 Å². The van der Waals surface area contributed by atoms with Crippen molar-refractivity contribution >= 4 is 52.0 Å². The van der Waals surface area contributed by atoms with E-state index >= 15 is 0 Å². The molecule has 3 aromatic heterocycles. The van der Waals surface area contributed by atoms with Crippen LogP contribution in [0.5, 0.6) is 0 Å². The zero-order valence-corrected chi connectivity index (χ0v) is 21.3. The normalized spacial score (nSPS) is 12.9. The van der Waals surface area contributed by atoms with Crippen LogP contribution in [0.3, 0.4) is 0 Å². The minimum atomic E-state index is -2.38. The van der Waals surface area contributed by atoms with Crippen LogP contribution in [0.25, 0.3) is 0 Å². The Morgan fingerprint density at radius 1 is 1.25 bits per heavy atom. The third-order valence-corrected chi connectivity index (χ3v) is 6.72. The second-order valence-corrected chi connectivity index (χ2v) is 9.79. The van der Waals surface area contributed by atoms with Crippen LogP contribution in [-0.4, -0.2) is 56.4 Å². The Balaban J connectivity index is 0.000000388. The van der Waals surface area contributed by atoms with Gasteiger partial charge in [-0.1, -0.05) is 23.6 Å². The lowest BCUT2D eigenvalue weighted by Gasteiger charge is -2.13. The number of ketones is 1. The number of Topliss-reactive ketones (excluding diaryl/α,β-unsaturated/α-hetero) is 1. The molecule has 10 nitrogen and oxygen atoms in total. The van der Waals surface area contributed by atoms with Crippen LogP contribution in [0.15, 0.2) is 48.4 Å². The van der Waals surface area contributed by atoms with Crippen molar-refractivity contribution in [3.63, 3.8) is 0 Å². The minimum absolute atomic E-state index is 0.110. The zero-order chi connectivity index (χ0) is 26.7. The number of hydrogen-bond donors (Lipinski definition) is 3. The quantitative estimate of drug-likeness (QED) is 0.178. The second kappa shape index (κ2) is 14.5. The number of carboxylic acid groups (broad SMARTS) is 2. The van der Waals surface area contributed by atoms with E-state index in [1.165, 1.54) is 22.7 Å². The number of ether oxygens (including phenoxy) is 1. The van der Waals surface area contributed by atoms with Gasteiger partial charge in [-0.3, -0.25) is 4.79 Å². The van der Waals surface area contributed by atoms with Gasteiger partial charge < -0.3 is 30.0 Å². The molecule has 3 N–H and O–H groups in total. The van der Waals surface area contributed by atoms with E-state index < -0.39 is 24.1 Å². The topological polar surface area (TPSA) is 153 Å². The molecule has 0 saturated heterocycles. The van der Waals surface area contributed by atoms with Crippen molar-refractivity contribution in [2.24, 2.45) is 0 Å². The van der Waals surface area contributed by atoms with Crippen LogP contribution in [0.1, 0.15) is 27.6 Å². The van der Waals surface area contributed by atoms with Crippen LogP contribution in [-0.2, 0) is 27.4 Å². The van der Waals surface area contributed by atoms with E-state index in [2.05, 4.69) is 11.8 Å². The molecule has 0 aliphatic carbocycles. The molecule has 0 aromatic carbocycles. The molecule has 0 fully saturated rings. The molecule has 3 heterocycles. The molecule has 36 heavy (non-hydrogen) atoms. The summed E-state index contributed by atoms with van der Waals surface area (Å²) in [5, 5.41) is 36.0. The van der Waals surface area contributed by atoms with Gasteiger partial charge in [0, 0.05) is 4.88 Å². The van der Waals surface area contributed by atoms with Crippen LogP contribution < -0.4 is 9.67 Å².